The smallest absolute Gasteiger partial charge is 0.0143 e. The van der Waals surface area contributed by atoms with Gasteiger partial charge in [-0.1, -0.05) is 11.5 Å². The first kappa shape index (κ1) is 7.26. The molecule has 8 heavy (non-hydrogen) atoms. The lowest BCUT2D eigenvalue weighted by Gasteiger charge is -1.85. The van der Waals surface area contributed by atoms with Crippen molar-refractivity contribution in [3.63, 3.8) is 0 Å². The van der Waals surface area contributed by atoms with Gasteiger partial charge < -0.3 is 5.73 Å². The number of hydrogen-bond acceptors (Lipinski definition) is 1. The van der Waals surface area contributed by atoms with Crippen LogP contribution in [0.1, 0.15) is 13.8 Å². The topological polar surface area (TPSA) is 26.0 Å². The van der Waals surface area contributed by atoms with Crippen molar-refractivity contribution in [3.05, 3.63) is 11.6 Å². The fourth-order valence-corrected chi connectivity index (χ4v) is 0.254. The Labute approximate surface area is 50.6 Å². The van der Waals surface area contributed by atoms with Crippen molar-refractivity contribution in [3.8, 4) is 11.8 Å². The normalized spacial score (nSPS) is 10.1. The van der Waals surface area contributed by atoms with E-state index in [1.165, 1.54) is 0 Å². The molecule has 0 aromatic carbocycles. The van der Waals surface area contributed by atoms with Gasteiger partial charge in [0.15, 0.2) is 0 Å². The van der Waals surface area contributed by atoms with Crippen LogP contribution in [0, 0.1) is 11.8 Å². The molecule has 0 aromatic heterocycles. The highest BCUT2D eigenvalue weighted by Crippen LogP contribution is 1.83. The molecule has 0 atom stereocenters. The Balaban J connectivity index is 3.69. The van der Waals surface area contributed by atoms with Gasteiger partial charge in [0.1, 0.15) is 0 Å². The molecule has 1 heteroatoms. The third kappa shape index (κ3) is 3.45. The molecule has 2 N–H and O–H groups in total. The first-order valence-corrected chi connectivity index (χ1v) is 2.59. The van der Waals surface area contributed by atoms with Gasteiger partial charge in [-0.25, -0.2) is 0 Å². The Morgan fingerprint density at radius 2 is 2.38 bits per heavy atom. The molecule has 0 radical (unpaired) electrons. The molecule has 0 bridgehead atoms. The Morgan fingerprint density at radius 1 is 1.75 bits per heavy atom. The minimum absolute atomic E-state index is 0.606. The molecular formula is C7H11N. The molecule has 0 unspecified atom stereocenters. The van der Waals surface area contributed by atoms with Crippen LogP contribution in [-0.2, 0) is 0 Å². The quantitative estimate of drug-likeness (QED) is 0.498. The molecule has 0 aliphatic heterocycles. The van der Waals surface area contributed by atoms with Crippen molar-refractivity contribution >= 4 is 0 Å². The second-order valence-corrected chi connectivity index (χ2v) is 1.59. The van der Waals surface area contributed by atoms with E-state index in [0.29, 0.717) is 6.54 Å². The third-order valence-corrected chi connectivity index (χ3v) is 0.785. The summed E-state index contributed by atoms with van der Waals surface area (Å²) in [5.74, 6) is 5.56. The first-order chi connectivity index (χ1) is 3.81. The average Bonchev–Trinajstić information content (AvgIpc) is 1.83. The summed E-state index contributed by atoms with van der Waals surface area (Å²) in [6, 6.07) is 0. The maximum absolute atomic E-state index is 5.28. The standard InChI is InChI=1S/C7H11N/c1-3-4-5-7(2)6-8/h5H,6,8H2,1-2H3/b7-5-. The van der Waals surface area contributed by atoms with E-state index in [9.17, 15) is 0 Å². The van der Waals surface area contributed by atoms with Gasteiger partial charge in [0, 0.05) is 6.54 Å². The Bertz CT molecular complexity index is 134. The predicted octanol–water partition coefficient (Wildman–Crippen LogP) is 0.915. The summed E-state index contributed by atoms with van der Waals surface area (Å²) < 4.78 is 0. The summed E-state index contributed by atoms with van der Waals surface area (Å²) in [6.07, 6.45) is 1.83. The highest BCUT2D eigenvalue weighted by Gasteiger charge is 1.75. The van der Waals surface area contributed by atoms with E-state index in [2.05, 4.69) is 11.8 Å². The van der Waals surface area contributed by atoms with E-state index in [0.717, 1.165) is 5.57 Å². The minimum atomic E-state index is 0.606. The van der Waals surface area contributed by atoms with Crippen LogP contribution in [0.3, 0.4) is 0 Å². The number of hydrogen-bond donors (Lipinski definition) is 1. The van der Waals surface area contributed by atoms with Crippen LogP contribution in [0.25, 0.3) is 0 Å². The SMILES string of the molecule is CC#C/C=C(/C)CN. The van der Waals surface area contributed by atoms with Crippen molar-refractivity contribution in [2.75, 3.05) is 6.54 Å². The molecule has 0 heterocycles. The van der Waals surface area contributed by atoms with Gasteiger partial charge in [0.05, 0.1) is 0 Å². The molecular weight excluding hydrogens is 98.1 g/mol. The van der Waals surface area contributed by atoms with Gasteiger partial charge in [-0.15, -0.1) is 5.92 Å². The number of nitrogens with two attached hydrogens (primary N) is 1. The molecule has 0 aliphatic carbocycles. The van der Waals surface area contributed by atoms with E-state index >= 15 is 0 Å². The van der Waals surface area contributed by atoms with Crippen LogP contribution in [0.15, 0.2) is 11.6 Å². The number of rotatable bonds is 1. The van der Waals surface area contributed by atoms with E-state index in [1.54, 1.807) is 6.92 Å². The first-order valence-electron chi connectivity index (χ1n) is 2.59. The number of allylic oxidation sites excluding steroid dienone is 1. The van der Waals surface area contributed by atoms with Crippen LogP contribution in [-0.4, -0.2) is 6.54 Å². The molecule has 0 aliphatic rings. The summed E-state index contributed by atoms with van der Waals surface area (Å²) in [5, 5.41) is 0. The van der Waals surface area contributed by atoms with E-state index < -0.39 is 0 Å². The highest BCUT2D eigenvalue weighted by molar-refractivity contribution is 5.19. The molecule has 0 aromatic rings. The fraction of sp³-hybridized carbons (Fsp3) is 0.429. The highest BCUT2D eigenvalue weighted by atomic mass is 14.5. The molecule has 1 nitrogen and oxygen atoms in total. The molecule has 0 rings (SSSR count). The van der Waals surface area contributed by atoms with E-state index in [1.807, 2.05) is 13.0 Å². The monoisotopic (exact) mass is 109 g/mol. The Kier molecular flexibility index (Phi) is 4.01. The maximum atomic E-state index is 5.28. The zero-order valence-electron chi connectivity index (χ0n) is 5.36. The molecule has 0 amide bonds. The zero-order chi connectivity index (χ0) is 6.41. The Hall–Kier alpha value is -0.740. The van der Waals surface area contributed by atoms with Crippen molar-refractivity contribution in [1.29, 1.82) is 0 Å². The van der Waals surface area contributed by atoms with Crippen molar-refractivity contribution in [2.24, 2.45) is 5.73 Å². The second-order valence-electron chi connectivity index (χ2n) is 1.59. The summed E-state index contributed by atoms with van der Waals surface area (Å²) >= 11 is 0. The molecule has 0 saturated heterocycles. The lowest BCUT2D eigenvalue weighted by molar-refractivity contribution is 1.14. The van der Waals surface area contributed by atoms with Crippen LogP contribution in [0.2, 0.25) is 0 Å². The summed E-state index contributed by atoms with van der Waals surface area (Å²) in [4.78, 5) is 0. The summed E-state index contributed by atoms with van der Waals surface area (Å²) in [7, 11) is 0. The molecule has 0 spiro atoms. The van der Waals surface area contributed by atoms with Crippen molar-refractivity contribution in [2.45, 2.75) is 13.8 Å². The van der Waals surface area contributed by atoms with Crippen LogP contribution >= 0.6 is 0 Å². The summed E-state index contributed by atoms with van der Waals surface area (Å²) in [6.45, 7) is 4.37. The van der Waals surface area contributed by atoms with Crippen LogP contribution in [0.4, 0.5) is 0 Å². The van der Waals surface area contributed by atoms with Crippen LogP contribution < -0.4 is 5.73 Å². The van der Waals surface area contributed by atoms with E-state index in [-0.39, 0.29) is 0 Å². The Morgan fingerprint density at radius 3 is 2.75 bits per heavy atom. The molecule has 44 valence electrons. The second kappa shape index (κ2) is 4.42. The van der Waals surface area contributed by atoms with Gasteiger partial charge in [-0.2, -0.15) is 0 Å². The molecule has 0 saturated carbocycles. The van der Waals surface area contributed by atoms with Crippen molar-refractivity contribution in [1.82, 2.24) is 0 Å². The van der Waals surface area contributed by atoms with E-state index in [4.69, 9.17) is 5.73 Å². The predicted molar refractivity (Wildman–Crippen MR) is 36.3 cm³/mol. The average molecular weight is 109 g/mol. The lowest BCUT2D eigenvalue weighted by Crippen LogP contribution is -1.98. The summed E-state index contributed by atoms with van der Waals surface area (Å²) in [5.41, 5.74) is 6.40. The van der Waals surface area contributed by atoms with Gasteiger partial charge in [0.2, 0.25) is 0 Å². The molecule has 0 fully saturated rings. The fourth-order valence-electron chi connectivity index (χ4n) is 0.254. The third-order valence-electron chi connectivity index (χ3n) is 0.785. The largest absolute Gasteiger partial charge is 0.327 e. The van der Waals surface area contributed by atoms with Crippen LogP contribution in [0.5, 0.6) is 0 Å². The lowest BCUT2D eigenvalue weighted by atomic mass is 10.3. The van der Waals surface area contributed by atoms with Gasteiger partial charge in [-0.3, -0.25) is 0 Å². The minimum Gasteiger partial charge on any atom is -0.327 e. The van der Waals surface area contributed by atoms with Gasteiger partial charge >= 0.3 is 0 Å². The zero-order valence-corrected chi connectivity index (χ0v) is 5.36. The van der Waals surface area contributed by atoms with Crippen molar-refractivity contribution < 1.29 is 0 Å². The van der Waals surface area contributed by atoms with Gasteiger partial charge in [-0.05, 0) is 19.9 Å². The van der Waals surface area contributed by atoms with Gasteiger partial charge in [0.25, 0.3) is 0 Å². The maximum Gasteiger partial charge on any atom is 0.0143 e.